The Morgan fingerprint density at radius 3 is 2.68 bits per heavy atom. The zero-order valence-electron chi connectivity index (χ0n) is 11.4. The van der Waals surface area contributed by atoms with Gasteiger partial charge in [-0.05, 0) is 20.8 Å². The van der Waals surface area contributed by atoms with E-state index in [0.29, 0.717) is 17.4 Å². The number of rotatable bonds is 4. The maximum Gasteiger partial charge on any atom is 0.242 e. The molecule has 19 heavy (non-hydrogen) atoms. The largest absolute Gasteiger partial charge is 0.479 e. The SMILES string of the molecule is COc1ncnc(NC(C)c2sc(C)nc2C)c1N. The third-order valence-electron chi connectivity index (χ3n) is 2.73. The average Bonchev–Trinajstić information content (AvgIpc) is 2.71. The van der Waals surface area contributed by atoms with Gasteiger partial charge in [0, 0.05) is 4.88 Å². The molecule has 6 nitrogen and oxygen atoms in total. The van der Waals surface area contributed by atoms with Gasteiger partial charge in [-0.2, -0.15) is 4.98 Å². The zero-order valence-corrected chi connectivity index (χ0v) is 12.2. The van der Waals surface area contributed by atoms with E-state index in [9.17, 15) is 0 Å². The van der Waals surface area contributed by atoms with Gasteiger partial charge in [-0.25, -0.2) is 9.97 Å². The molecule has 1 atom stereocenters. The van der Waals surface area contributed by atoms with Crippen LogP contribution in [0.15, 0.2) is 6.33 Å². The van der Waals surface area contributed by atoms with Crippen LogP contribution in [0.2, 0.25) is 0 Å². The Morgan fingerprint density at radius 1 is 1.37 bits per heavy atom. The number of hydrogen-bond acceptors (Lipinski definition) is 7. The van der Waals surface area contributed by atoms with Crippen LogP contribution in [-0.2, 0) is 0 Å². The van der Waals surface area contributed by atoms with Gasteiger partial charge in [-0.1, -0.05) is 0 Å². The number of nitrogens with zero attached hydrogens (tertiary/aromatic N) is 3. The second kappa shape index (κ2) is 5.40. The van der Waals surface area contributed by atoms with Crippen molar-refractivity contribution in [1.29, 1.82) is 0 Å². The van der Waals surface area contributed by atoms with E-state index in [2.05, 4.69) is 20.3 Å². The van der Waals surface area contributed by atoms with Crippen LogP contribution in [0.25, 0.3) is 0 Å². The molecule has 0 aromatic carbocycles. The van der Waals surface area contributed by atoms with E-state index in [0.717, 1.165) is 10.7 Å². The summed E-state index contributed by atoms with van der Waals surface area (Å²) in [6, 6.07) is 0.0770. The fourth-order valence-electron chi connectivity index (χ4n) is 1.88. The van der Waals surface area contributed by atoms with Crippen molar-refractivity contribution < 1.29 is 4.74 Å². The van der Waals surface area contributed by atoms with E-state index in [1.807, 2.05) is 20.8 Å². The summed E-state index contributed by atoms with van der Waals surface area (Å²) in [5, 5.41) is 4.32. The van der Waals surface area contributed by atoms with E-state index in [-0.39, 0.29) is 6.04 Å². The van der Waals surface area contributed by atoms with Crippen molar-refractivity contribution in [2.24, 2.45) is 0 Å². The number of anilines is 2. The van der Waals surface area contributed by atoms with Crippen molar-refractivity contribution in [3.8, 4) is 5.88 Å². The maximum absolute atomic E-state index is 5.94. The number of methoxy groups -OCH3 is 1. The molecule has 0 bridgehead atoms. The Labute approximate surface area is 116 Å². The summed E-state index contributed by atoms with van der Waals surface area (Å²) in [6.45, 7) is 6.05. The van der Waals surface area contributed by atoms with E-state index in [4.69, 9.17) is 10.5 Å². The van der Waals surface area contributed by atoms with Gasteiger partial charge in [0.15, 0.2) is 5.82 Å². The minimum atomic E-state index is 0.0770. The fraction of sp³-hybridized carbons (Fsp3) is 0.417. The van der Waals surface area contributed by atoms with Gasteiger partial charge in [0.2, 0.25) is 5.88 Å². The van der Waals surface area contributed by atoms with Gasteiger partial charge in [0.05, 0.1) is 23.9 Å². The molecule has 7 heteroatoms. The first kappa shape index (κ1) is 13.5. The fourth-order valence-corrected chi connectivity index (χ4v) is 2.81. The van der Waals surface area contributed by atoms with E-state index in [1.165, 1.54) is 18.3 Å². The third kappa shape index (κ3) is 2.76. The quantitative estimate of drug-likeness (QED) is 0.893. The highest BCUT2D eigenvalue weighted by Crippen LogP contribution is 2.30. The van der Waals surface area contributed by atoms with Crippen LogP contribution in [0.5, 0.6) is 5.88 Å². The van der Waals surface area contributed by atoms with Crippen molar-refractivity contribution in [2.75, 3.05) is 18.2 Å². The van der Waals surface area contributed by atoms with Gasteiger partial charge in [-0.15, -0.1) is 11.3 Å². The lowest BCUT2D eigenvalue weighted by molar-refractivity contribution is 0.399. The van der Waals surface area contributed by atoms with Crippen LogP contribution in [-0.4, -0.2) is 22.1 Å². The molecule has 0 amide bonds. The van der Waals surface area contributed by atoms with Gasteiger partial charge in [0.25, 0.3) is 0 Å². The minimum absolute atomic E-state index is 0.0770. The van der Waals surface area contributed by atoms with Crippen LogP contribution >= 0.6 is 11.3 Å². The molecule has 0 aliphatic heterocycles. The standard InChI is InChI=1S/C12H17N5OS/c1-6-10(19-8(3)16-6)7(2)17-11-9(13)12(18-4)15-5-14-11/h5,7H,13H2,1-4H3,(H,14,15,17). The molecule has 0 saturated carbocycles. The molecule has 0 saturated heterocycles. The predicted molar refractivity (Wildman–Crippen MR) is 76.6 cm³/mol. The first-order valence-corrected chi connectivity index (χ1v) is 6.69. The normalized spacial score (nSPS) is 12.2. The third-order valence-corrected chi connectivity index (χ3v) is 3.98. The highest BCUT2D eigenvalue weighted by Gasteiger charge is 2.16. The lowest BCUT2D eigenvalue weighted by Gasteiger charge is -2.15. The molecule has 0 radical (unpaired) electrons. The molecule has 0 aliphatic carbocycles. The van der Waals surface area contributed by atoms with Crippen molar-refractivity contribution in [3.63, 3.8) is 0 Å². The van der Waals surface area contributed by atoms with Gasteiger partial charge in [-0.3, -0.25) is 0 Å². The number of nitrogens with one attached hydrogen (secondary N) is 1. The zero-order chi connectivity index (χ0) is 14.0. The summed E-state index contributed by atoms with van der Waals surface area (Å²) in [5.41, 5.74) is 7.38. The monoisotopic (exact) mass is 279 g/mol. The lowest BCUT2D eigenvalue weighted by Crippen LogP contribution is -2.11. The molecule has 2 aromatic rings. The molecule has 0 fully saturated rings. The minimum Gasteiger partial charge on any atom is -0.479 e. The number of aromatic nitrogens is 3. The molecule has 0 aliphatic rings. The Hall–Kier alpha value is -1.89. The van der Waals surface area contributed by atoms with Crippen LogP contribution in [0.1, 0.15) is 28.5 Å². The highest BCUT2D eigenvalue weighted by molar-refractivity contribution is 7.11. The molecule has 2 heterocycles. The second-order valence-electron chi connectivity index (χ2n) is 4.19. The smallest absolute Gasteiger partial charge is 0.242 e. The van der Waals surface area contributed by atoms with Gasteiger partial charge in [0.1, 0.15) is 12.0 Å². The molecular formula is C12H17N5OS. The molecule has 2 aromatic heterocycles. The average molecular weight is 279 g/mol. The van der Waals surface area contributed by atoms with Gasteiger partial charge < -0.3 is 15.8 Å². The van der Waals surface area contributed by atoms with Crippen LogP contribution < -0.4 is 15.8 Å². The van der Waals surface area contributed by atoms with Crippen molar-refractivity contribution in [2.45, 2.75) is 26.8 Å². The molecule has 102 valence electrons. The lowest BCUT2D eigenvalue weighted by atomic mass is 10.2. The van der Waals surface area contributed by atoms with E-state index in [1.54, 1.807) is 11.3 Å². The molecule has 0 spiro atoms. The maximum atomic E-state index is 5.94. The summed E-state index contributed by atoms with van der Waals surface area (Å²) < 4.78 is 5.07. The van der Waals surface area contributed by atoms with Crippen LogP contribution in [0.3, 0.4) is 0 Å². The Bertz CT molecular complexity index is 583. The van der Waals surface area contributed by atoms with Crippen molar-refractivity contribution in [1.82, 2.24) is 15.0 Å². The molecule has 2 rings (SSSR count). The molecule has 1 unspecified atom stereocenters. The van der Waals surface area contributed by atoms with Crippen molar-refractivity contribution >= 4 is 22.8 Å². The van der Waals surface area contributed by atoms with E-state index >= 15 is 0 Å². The number of thiazole rings is 1. The number of nitrogen functional groups attached to an aromatic ring is 1. The number of aryl methyl sites for hydroxylation is 2. The highest BCUT2D eigenvalue weighted by atomic mass is 32.1. The number of ether oxygens (including phenoxy) is 1. The first-order chi connectivity index (χ1) is 9.02. The van der Waals surface area contributed by atoms with Crippen LogP contribution in [0, 0.1) is 13.8 Å². The Kier molecular flexibility index (Phi) is 3.84. The summed E-state index contributed by atoms with van der Waals surface area (Å²) in [6.07, 6.45) is 1.43. The summed E-state index contributed by atoms with van der Waals surface area (Å²) in [5.74, 6) is 0.951. The van der Waals surface area contributed by atoms with Crippen molar-refractivity contribution in [3.05, 3.63) is 21.9 Å². The summed E-state index contributed by atoms with van der Waals surface area (Å²) in [7, 11) is 1.53. The summed E-state index contributed by atoms with van der Waals surface area (Å²) >= 11 is 1.67. The predicted octanol–water partition coefficient (Wildman–Crippen LogP) is 2.31. The van der Waals surface area contributed by atoms with Crippen LogP contribution in [0.4, 0.5) is 11.5 Å². The molecular weight excluding hydrogens is 262 g/mol. The Balaban J connectivity index is 2.24. The van der Waals surface area contributed by atoms with Gasteiger partial charge >= 0.3 is 0 Å². The second-order valence-corrected chi connectivity index (χ2v) is 5.43. The number of hydrogen-bond donors (Lipinski definition) is 2. The topological polar surface area (TPSA) is 86.0 Å². The summed E-state index contributed by atoms with van der Waals surface area (Å²) in [4.78, 5) is 13.7. The Morgan fingerprint density at radius 2 is 2.11 bits per heavy atom. The van der Waals surface area contributed by atoms with E-state index < -0.39 is 0 Å². The first-order valence-electron chi connectivity index (χ1n) is 5.87. The number of nitrogens with two attached hydrogens (primary N) is 1. The molecule has 3 N–H and O–H groups in total.